The minimum absolute atomic E-state index is 0.173. The van der Waals surface area contributed by atoms with Crippen molar-refractivity contribution in [1.82, 2.24) is 15.0 Å². The summed E-state index contributed by atoms with van der Waals surface area (Å²) in [5.74, 6) is 2.04. The molecule has 3 rings (SSSR count). The second-order valence-corrected chi connectivity index (χ2v) is 6.70. The molecule has 1 N–H and O–H groups in total. The number of terminal acetylenes is 1. The second-order valence-electron chi connectivity index (χ2n) is 6.31. The third-order valence-electron chi connectivity index (χ3n) is 4.16. The molecule has 0 unspecified atom stereocenters. The van der Waals surface area contributed by atoms with Crippen molar-refractivity contribution >= 4 is 23.3 Å². The normalized spacial score (nSPS) is 17.8. The largest absolute Gasteiger partial charge is 0.478 e. The lowest BCUT2D eigenvalue weighted by Crippen LogP contribution is -2.50. The molecule has 3 heterocycles. The average molecular weight is 357 g/mol. The Hall–Kier alpha value is -2.62. The third-order valence-corrected chi connectivity index (χ3v) is 4.37. The Morgan fingerprint density at radius 2 is 2.16 bits per heavy atom. The van der Waals surface area contributed by atoms with Gasteiger partial charge in [-0.1, -0.05) is 23.6 Å². The monoisotopic (exact) mass is 356 g/mol. The lowest BCUT2D eigenvalue weighted by Gasteiger charge is -2.40. The van der Waals surface area contributed by atoms with Gasteiger partial charge in [0.1, 0.15) is 5.15 Å². The lowest BCUT2D eigenvalue weighted by atomic mass is 10.1. The number of hydrogen-bond acceptors (Lipinski definition) is 5. The van der Waals surface area contributed by atoms with Crippen LogP contribution in [-0.4, -0.2) is 43.9 Å². The van der Waals surface area contributed by atoms with Gasteiger partial charge in [0.2, 0.25) is 0 Å². The van der Waals surface area contributed by atoms with Crippen LogP contribution >= 0.6 is 11.6 Å². The van der Waals surface area contributed by atoms with Gasteiger partial charge in [-0.05, 0) is 39.0 Å². The summed E-state index contributed by atoms with van der Waals surface area (Å²) in [4.78, 5) is 20.5. The van der Waals surface area contributed by atoms with Crippen LogP contribution in [0, 0.1) is 12.3 Å². The van der Waals surface area contributed by atoms with Crippen LogP contribution in [0.1, 0.15) is 26.5 Å². The molecule has 0 saturated heterocycles. The fourth-order valence-corrected chi connectivity index (χ4v) is 2.94. The summed E-state index contributed by atoms with van der Waals surface area (Å²) in [6, 6.07) is 5.23. The molecule has 1 aromatic heterocycles. The van der Waals surface area contributed by atoms with E-state index in [2.05, 4.69) is 15.9 Å². The predicted molar refractivity (Wildman–Crippen MR) is 95.7 cm³/mol. The molecule has 0 amide bonds. The first kappa shape index (κ1) is 17.2. The summed E-state index contributed by atoms with van der Waals surface area (Å²) in [5.41, 5.74) is 1.47. The van der Waals surface area contributed by atoms with Gasteiger partial charge in [-0.2, -0.15) is 5.01 Å². The molecule has 128 valence electrons. The maximum atomic E-state index is 11.7. The Bertz CT molecular complexity index is 893. The van der Waals surface area contributed by atoms with Crippen LogP contribution in [0.3, 0.4) is 0 Å². The summed E-state index contributed by atoms with van der Waals surface area (Å²) < 4.78 is 0. The number of aromatic nitrogens is 1. The zero-order valence-corrected chi connectivity index (χ0v) is 14.9. The second kappa shape index (κ2) is 6.03. The Kier molecular flexibility index (Phi) is 4.15. The van der Waals surface area contributed by atoms with Gasteiger partial charge in [0, 0.05) is 5.70 Å². The fraction of sp³-hybridized carbons (Fsp3) is 0.278. The first-order chi connectivity index (χ1) is 11.7. The summed E-state index contributed by atoms with van der Waals surface area (Å²) in [6.07, 6.45) is 7.49. The molecule has 2 aliphatic heterocycles. The molecule has 2 aliphatic rings. The number of aliphatic carboxylic acids is 1. The summed E-state index contributed by atoms with van der Waals surface area (Å²) >= 11 is 5.96. The van der Waals surface area contributed by atoms with Gasteiger partial charge < -0.3 is 5.11 Å². The third kappa shape index (κ3) is 2.93. The van der Waals surface area contributed by atoms with Crippen LogP contribution in [0.15, 0.2) is 46.4 Å². The van der Waals surface area contributed by atoms with Gasteiger partial charge >= 0.3 is 5.97 Å². The molecule has 0 spiro atoms. The van der Waals surface area contributed by atoms with Crippen molar-refractivity contribution in [3.63, 3.8) is 0 Å². The van der Waals surface area contributed by atoms with Crippen LogP contribution in [0.4, 0.5) is 0 Å². The Balaban J connectivity index is 2.13. The van der Waals surface area contributed by atoms with E-state index in [-0.39, 0.29) is 12.1 Å². The van der Waals surface area contributed by atoms with Gasteiger partial charge in [0.05, 0.1) is 29.1 Å². The van der Waals surface area contributed by atoms with Gasteiger partial charge in [0.25, 0.3) is 0 Å². The number of hydrogen-bond donors (Lipinski definition) is 1. The molecule has 6 nitrogen and oxygen atoms in total. The van der Waals surface area contributed by atoms with E-state index in [1.807, 2.05) is 31.9 Å². The van der Waals surface area contributed by atoms with E-state index in [1.54, 1.807) is 23.2 Å². The first-order valence-electron chi connectivity index (χ1n) is 7.66. The standard InChI is InChI=1S/C18H17ClN4O2/c1-5-18(3,4)22-10-12(17(24)25)16-21-14(9-11(2)23(16)22)13-7-6-8-15(19)20-13/h1,6-9H,10H2,2-4H3,(H,24,25). The Morgan fingerprint density at radius 3 is 2.76 bits per heavy atom. The van der Waals surface area contributed by atoms with E-state index in [0.29, 0.717) is 22.4 Å². The molecule has 0 fully saturated rings. The van der Waals surface area contributed by atoms with E-state index in [1.165, 1.54) is 0 Å². The van der Waals surface area contributed by atoms with Crippen molar-refractivity contribution in [2.24, 2.45) is 4.99 Å². The maximum Gasteiger partial charge on any atom is 0.336 e. The van der Waals surface area contributed by atoms with Crippen LogP contribution in [0.2, 0.25) is 5.15 Å². The number of halogens is 1. The van der Waals surface area contributed by atoms with Gasteiger partial charge in [0.15, 0.2) is 5.82 Å². The zero-order valence-electron chi connectivity index (χ0n) is 14.1. The average Bonchev–Trinajstić information content (AvgIpc) is 2.96. The number of allylic oxidation sites excluding steroid dienone is 2. The highest BCUT2D eigenvalue weighted by Crippen LogP contribution is 2.36. The van der Waals surface area contributed by atoms with Gasteiger partial charge in [-0.25, -0.2) is 14.8 Å². The topological polar surface area (TPSA) is 69.0 Å². The fourth-order valence-electron chi connectivity index (χ4n) is 2.78. The van der Waals surface area contributed by atoms with E-state index in [9.17, 15) is 9.90 Å². The highest BCUT2D eigenvalue weighted by Gasteiger charge is 2.42. The van der Waals surface area contributed by atoms with Crippen LogP contribution in [-0.2, 0) is 4.79 Å². The van der Waals surface area contributed by atoms with E-state index in [4.69, 9.17) is 18.0 Å². The minimum atomic E-state index is -1.02. The molecule has 1 aromatic rings. The Morgan fingerprint density at radius 1 is 1.44 bits per heavy atom. The highest BCUT2D eigenvalue weighted by atomic mass is 35.5. The van der Waals surface area contributed by atoms with Crippen LogP contribution < -0.4 is 0 Å². The smallest absolute Gasteiger partial charge is 0.336 e. The van der Waals surface area contributed by atoms with Crippen molar-refractivity contribution in [1.29, 1.82) is 0 Å². The van der Waals surface area contributed by atoms with E-state index in [0.717, 1.165) is 5.70 Å². The van der Waals surface area contributed by atoms with E-state index < -0.39 is 11.5 Å². The molecule has 0 bridgehead atoms. The van der Waals surface area contributed by atoms with Crippen molar-refractivity contribution in [2.45, 2.75) is 26.3 Å². The summed E-state index contributed by atoms with van der Waals surface area (Å²) in [7, 11) is 0. The number of carboxylic acid groups (broad SMARTS) is 1. The molecule has 0 radical (unpaired) electrons. The number of aliphatic imine (C=N–C) groups is 1. The quantitative estimate of drug-likeness (QED) is 0.666. The van der Waals surface area contributed by atoms with Crippen molar-refractivity contribution < 1.29 is 9.90 Å². The zero-order chi connectivity index (χ0) is 18.4. The number of fused-ring (bicyclic) bond motifs is 1. The molecule has 25 heavy (non-hydrogen) atoms. The first-order valence-corrected chi connectivity index (χ1v) is 8.04. The van der Waals surface area contributed by atoms with Gasteiger partial charge in [-0.15, -0.1) is 6.42 Å². The van der Waals surface area contributed by atoms with Crippen LogP contribution in [0.25, 0.3) is 0 Å². The molecule has 0 atom stereocenters. The number of carbonyl (C=O) groups is 1. The summed E-state index contributed by atoms with van der Waals surface area (Å²) in [5, 5.41) is 13.5. The summed E-state index contributed by atoms with van der Waals surface area (Å²) in [6.45, 7) is 5.78. The lowest BCUT2D eigenvalue weighted by molar-refractivity contribution is -0.132. The number of hydrazine groups is 1. The van der Waals surface area contributed by atoms with Crippen LogP contribution in [0.5, 0.6) is 0 Å². The number of rotatable bonds is 3. The molecule has 7 heteroatoms. The Labute approximate surface area is 151 Å². The molecular weight excluding hydrogens is 340 g/mol. The molecule has 0 aliphatic carbocycles. The van der Waals surface area contributed by atoms with Crippen molar-refractivity contribution in [2.75, 3.05) is 6.54 Å². The minimum Gasteiger partial charge on any atom is -0.478 e. The van der Waals surface area contributed by atoms with Crippen molar-refractivity contribution in [3.05, 3.63) is 52.2 Å². The molecular formula is C18H17ClN4O2. The van der Waals surface area contributed by atoms with Crippen molar-refractivity contribution in [3.8, 4) is 12.3 Å². The maximum absolute atomic E-state index is 11.7. The van der Waals surface area contributed by atoms with E-state index >= 15 is 0 Å². The molecule has 0 aromatic carbocycles. The highest BCUT2D eigenvalue weighted by molar-refractivity contribution is 6.29. The SMILES string of the molecule is C#CC(C)(C)N1CC(C(=O)O)=C2N=C(c3cccc(Cl)n3)C=C(C)N21. The number of carboxylic acids is 1. The molecule has 0 saturated carbocycles. The van der Waals surface area contributed by atoms with Gasteiger partial charge in [-0.3, -0.25) is 5.01 Å². The predicted octanol–water partition coefficient (Wildman–Crippen LogP) is 2.68. The number of nitrogens with zero attached hydrogens (tertiary/aromatic N) is 4. The number of pyridine rings is 1.